The number of ether oxygens (including phenoxy) is 2. The average Bonchev–Trinajstić information content (AvgIpc) is 3.36. The Morgan fingerprint density at radius 2 is 0.730 bits per heavy atom. The summed E-state index contributed by atoms with van der Waals surface area (Å²) in [6.07, 6.45) is 69.5. The van der Waals surface area contributed by atoms with Crippen molar-refractivity contribution >= 4 is 19.8 Å². The van der Waals surface area contributed by atoms with Crippen LogP contribution < -0.4 is 0 Å². The first kappa shape index (κ1) is 72.2. The van der Waals surface area contributed by atoms with Crippen LogP contribution in [0.1, 0.15) is 309 Å². The summed E-state index contributed by atoms with van der Waals surface area (Å²) >= 11 is 0. The molecule has 2 atom stereocenters. The van der Waals surface area contributed by atoms with E-state index in [2.05, 4.69) is 50.3 Å². The molecule has 0 aliphatic carbocycles. The van der Waals surface area contributed by atoms with Crippen molar-refractivity contribution in [1.29, 1.82) is 0 Å². The minimum atomic E-state index is -4.39. The molecule has 10 heteroatoms. The van der Waals surface area contributed by atoms with E-state index in [0.29, 0.717) is 23.9 Å². The number of unbranched alkanes of at least 4 members (excludes halogenated alkanes) is 39. The van der Waals surface area contributed by atoms with E-state index in [4.69, 9.17) is 18.5 Å². The lowest BCUT2D eigenvalue weighted by Gasteiger charge is -2.24. The molecular formula is C64H123NO8P+. The van der Waals surface area contributed by atoms with Crippen LogP contribution in [0.15, 0.2) is 36.5 Å². The smallest absolute Gasteiger partial charge is 0.462 e. The van der Waals surface area contributed by atoms with E-state index in [9.17, 15) is 19.0 Å². The van der Waals surface area contributed by atoms with Crippen LogP contribution in [-0.2, 0) is 32.7 Å². The summed E-state index contributed by atoms with van der Waals surface area (Å²) in [5.74, 6) is -0.798. The maximum Gasteiger partial charge on any atom is 0.472 e. The van der Waals surface area contributed by atoms with Crippen molar-refractivity contribution in [2.24, 2.45) is 0 Å². The Morgan fingerprint density at radius 3 is 1.11 bits per heavy atom. The lowest BCUT2D eigenvalue weighted by molar-refractivity contribution is -0.870. The molecule has 0 aromatic carbocycles. The summed E-state index contributed by atoms with van der Waals surface area (Å²) in [6, 6.07) is 0. The first-order valence-electron chi connectivity index (χ1n) is 31.7. The van der Waals surface area contributed by atoms with Gasteiger partial charge in [0.15, 0.2) is 6.10 Å². The first-order valence-corrected chi connectivity index (χ1v) is 33.2. The number of phosphoric acid groups is 1. The molecule has 0 radical (unpaired) electrons. The Hall–Kier alpha value is -1.77. The highest BCUT2D eigenvalue weighted by Crippen LogP contribution is 2.43. The normalized spacial score (nSPS) is 13.4. The molecule has 0 amide bonds. The fraction of sp³-hybridized carbons (Fsp3) is 0.875. The van der Waals surface area contributed by atoms with Gasteiger partial charge in [0, 0.05) is 12.8 Å². The van der Waals surface area contributed by atoms with E-state index in [1.165, 1.54) is 205 Å². The van der Waals surface area contributed by atoms with Crippen molar-refractivity contribution in [2.45, 2.75) is 315 Å². The van der Waals surface area contributed by atoms with Crippen molar-refractivity contribution < 1.29 is 42.1 Å². The molecule has 0 saturated heterocycles. The number of phosphoric ester groups is 1. The molecule has 0 heterocycles. The zero-order chi connectivity index (χ0) is 54.2. The Labute approximate surface area is 459 Å². The zero-order valence-electron chi connectivity index (χ0n) is 49.6. The van der Waals surface area contributed by atoms with Crippen LogP contribution in [0, 0.1) is 0 Å². The molecule has 0 bridgehead atoms. The van der Waals surface area contributed by atoms with E-state index in [1.807, 2.05) is 21.1 Å². The Kier molecular flexibility index (Phi) is 54.6. The molecule has 0 fully saturated rings. The molecule has 436 valence electrons. The van der Waals surface area contributed by atoms with Gasteiger partial charge in [-0.25, -0.2) is 4.57 Å². The van der Waals surface area contributed by atoms with Crippen LogP contribution in [0.2, 0.25) is 0 Å². The number of hydrogen-bond donors (Lipinski definition) is 1. The number of hydrogen-bond acceptors (Lipinski definition) is 7. The van der Waals surface area contributed by atoms with Gasteiger partial charge >= 0.3 is 19.8 Å². The van der Waals surface area contributed by atoms with Crippen molar-refractivity contribution in [3.8, 4) is 0 Å². The molecule has 0 aromatic rings. The summed E-state index contributed by atoms with van der Waals surface area (Å²) in [6.45, 7) is 4.44. The summed E-state index contributed by atoms with van der Waals surface area (Å²) in [5, 5.41) is 0. The SMILES string of the molecule is CCCCC/C=C\C/C=C\C/C=C\CCCCCCCCC(=O)OC(COC(=O)CCCCCCCCCCCCCCCCCCCCCCCCCCCCCCCCC)COP(=O)(O)OCC[N+](C)(C)C. The van der Waals surface area contributed by atoms with Gasteiger partial charge in [0.1, 0.15) is 19.8 Å². The third-order valence-corrected chi connectivity index (χ3v) is 15.2. The molecular weight excluding hydrogens is 942 g/mol. The minimum Gasteiger partial charge on any atom is -0.462 e. The second-order valence-corrected chi connectivity index (χ2v) is 24.3. The quantitative estimate of drug-likeness (QED) is 0.0211. The number of nitrogens with zero attached hydrogens (tertiary/aromatic N) is 1. The van der Waals surface area contributed by atoms with Crippen LogP contribution in [0.25, 0.3) is 0 Å². The van der Waals surface area contributed by atoms with Crippen LogP contribution in [0.3, 0.4) is 0 Å². The molecule has 0 saturated carbocycles. The van der Waals surface area contributed by atoms with Gasteiger partial charge in [-0.3, -0.25) is 18.6 Å². The largest absolute Gasteiger partial charge is 0.472 e. The van der Waals surface area contributed by atoms with Gasteiger partial charge < -0.3 is 18.9 Å². The highest BCUT2D eigenvalue weighted by Gasteiger charge is 2.27. The van der Waals surface area contributed by atoms with Gasteiger partial charge in [-0.2, -0.15) is 0 Å². The van der Waals surface area contributed by atoms with Crippen molar-refractivity contribution in [1.82, 2.24) is 0 Å². The third kappa shape index (κ3) is 59.5. The summed E-state index contributed by atoms with van der Waals surface area (Å²) < 4.78 is 34.6. The number of allylic oxidation sites excluding steroid dienone is 6. The lowest BCUT2D eigenvalue weighted by Crippen LogP contribution is -2.37. The maximum absolute atomic E-state index is 12.8. The van der Waals surface area contributed by atoms with E-state index in [0.717, 1.165) is 70.6 Å². The van der Waals surface area contributed by atoms with Crippen LogP contribution >= 0.6 is 7.82 Å². The number of carbonyl (C=O) groups excluding carboxylic acids is 2. The predicted molar refractivity (Wildman–Crippen MR) is 317 cm³/mol. The Balaban J connectivity index is 4.02. The molecule has 9 nitrogen and oxygen atoms in total. The monoisotopic (exact) mass is 1060 g/mol. The van der Waals surface area contributed by atoms with Crippen LogP contribution in [0.5, 0.6) is 0 Å². The number of esters is 2. The van der Waals surface area contributed by atoms with Gasteiger partial charge in [0.2, 0.25) is 0 Å². The molecule has 74 heavy (non-hydrogen) atoms. The van der Waals surface area contributed by atoms with Crippen LogP contribution in [-0.4, -0.2) is 74.9 Å². The molecule has 1 N–H and O–H groups in total. The zero-order valence-corrected chi connectivity index (χ0v) is 50.5. The fourth-order valence-electron chi connectivity index (χ4n) is 9.26. The van der Waals surface area contributed by atoms with E-state index >= 15 is 0 Å². The molecule has 0 aromatic heterocycles. The van der Waals surface area contributed by atoms with Crippen molar-refractivity contribution in [3.05, 3.63) is 36.5 Å². The summed E-state index contributed by atoms with van der Waals surface area (Å²) in [5.41, 5.74) is 0. The van der Waals surface area contributed by atoms with Crippen LogP contribution in [0.4, 0.5) is 0 Å². The number of carbonyl (C=O) groups is 2. The third-order valence-electron chi connectivity index (χ3n) is 14.2. The minimum absolute atomic E-state index is 0.0301. The molecule has 0 aliphatic heterocycles. The lowest BCUT2D eigenvalue weighted by atomic mass is 10.0. The van der Waals surface area contributed by atoms with Crippen molar-refractivity contribution in [2.75, 3.05) is 47.5 Å². The molecule has 2 unspecified atom stereocenters. The van der Waals surface area contributed by atoms with E-state index in [-0.39, 0.29) is 25.6 Å². The Morgan fingerprint density at radius 1 is 0.419 bits per heavy atom. The number of likely N-dealkylation sites (N-methyl/N-ethyl adjacent to an activating group) is 1. The molecule has 0 rings (SSSR count). The second kappa shape index (κ2) is 56.0. The average molecular weight is 1070 g/mol. The fourth-order valence-corrected chi connectivity index (χ4v) is 10.0. The van der Waals surface area contributed by atoms with Gasteiger partial charge in [0.05, 0.1) is 27.7 Å². The maximum atomic E-state index is 12.8. The van der Waals surface area contributed by atoms with Gasteiger partial charge in [-0.1, -0.05) is 281 Å². The van der Waals surface area contributed by atoms with Crippen molar-refractivity contribution in [3.63, 3.8) is 0 Å². The highest BCUT2D eigenvalue weighted by atomic mass is 31.2. The predicted octanol–water partition coefficient (Wildman–Crippen LogP) is 19.9. The second-order valence-electron chi connectivity index (χ2n) is 22.8. The van der Waals surface area contributed by atoms with Gasteiger partial charge in [0.25, 0.3) is 0 Å². The van der Waals surface area contributed by atoms with Gasteiger partial charge in [-0.05, 0) is 51.4 Å². The summed E-state index contributed by atoms with van der Waals surface area (Å²) in [7, 11) is 1.48. The molecule has 0 aliphatic rings. The number of quaternary nitrogens is 1. The summed E-state index contributed by atoms with van der Waals surface area (Å²) in [4.78, 5) is 35.7. The topological polar surface area (TPSA) is 108 Å². The van der Waals surface area contributed by atoms with E-state index in [1.54, 1.807) is 0 Å². The standard InChI is InChI=1S/C64H122NO8P/c1-6-8-10-12-14-16-18-20-22-24-26-27-28-29-30-31-32-33-34-35-36-37-39-40-42-44-46-48-50-52-54-56-63(66)70-60-62(61-72-74(68,69)71-59-58-65(3,4)5)73-64(67)57-55-53-51-49-47-45-43-41-38-25-23-21-19-17-15-13-11-9-7-2/h15,17,21,23,38,41,62H,6-14,16,18-20,22,24-37,39-40,42-61H2,1-5H3/p+1/b17-15-,23-21-,41-38-. The Bertz CT molecular complexity index is 1340. The molecule has 0 spiro atoms. The first-order chi connectivity index (χ1) is 36.0. The van der Waals surface area contributed by atoms with E-state index < -0.39 is 26.5 Å². The number of rotatable bonds is 59. The van der Waals surface area contributed by atoms with Gasteiger partial charge in [-0.15, -0.1) is 0 Å². The highest BCUT2D eigenvalue weighted by molar-refractivity contribution is 7.47.